The lowest BCUT2D eigenvalue weighted by Gasteiger charge is -2.16. The number of aromatic nitrogens is 1. The van der Waals surface area contributed by atoms with Crippen molar-refractivity contribution in [3.8, 4) is 6.07 Å². The molecule has 0 radical (unpaired) electrons. The lowest BCUT2D eigenvalue weighted by Crippen LogP contribution is -2.30. The van der Waals surface area contributed by atoms with Gasteiger partial charge in [0.05, 0.1) is 5.56 Å². The first-order valence-electron chi connectivity index (χ1n) is 5.43. The van der Waals surface area contributed by atoms with Crippen LogP contribution in [0.3, 0.4) is 0 Å². The summed E-state index contributed by atoms with van der Waals surface area (Å²) < 4.78 is 0. The van der Waals surface area contributed by atoms with Gasteiger partial charge in [-0.1, -0.05) is 0 Å². The van der Waals surface area contributed by atoms with E-state index in [2.05, 4.69) is 4.98 Å². The molecule has 1 aromatic rings. The minimum atomic E-state index is -0.00307. The summed E-state index contributed by atoms with van der Waals surface area (Å²) in [5.41, 5.74) is 0.932. The van der Waals surface area contributed by atoms with Crippen LogP contribution in [0.15, 0.2) is 18.3 Å². The van der Waals surface area contributed by atoms with E-state index in [1.54, 1.807) is 12.1 Å². The fraction of sp³-hybridized carbons (Fsp3) is 0.417. The van der Waals surface area contributed by atoms with E-state index in [4.69, 9.17) is 5.26 Å². The zero-order valence-electron chi connectivity index (χ0n) is 8.76. The number of hydrogen-bond acceptors (Lipinski definition) is 3. The zero-order valence-corrected chi connectivity index (χ0v) is 8.76. The number of hydrogen-bond donors (Lipinski definition) is 0. The van der Waals surface area contributed by atoms with Gasteiger partial charge < -0.3 is 4.90 Å². The third kappa shape index (κ3) is 1.45. The second kappa shape index (κ2) is 3.31. The van der Waals surface area contributed by atoms with Crippen molar-refractivity contribution in [3.63, 3.8) is 0 Å². The van der Waals surface area contributed by atoms with Crippen LogP contribution in [0.25, 0.3) is 0 Å². The van der Waals surface area contributed by atoms with Gasteiger partial charge in [0.25, 0.3) is 5.91 Å². The molecule has 1 aliphatic carbocycles. The molecule has 0 aromatic carbocycles. The summed E-state index contributed by atoms with van der Waals surface area (Å²) in [4.78, 5) is 17.9. The van der Waals surface area contributed by atoms with Gasteiger partial charge in [0.15, 0.2) is 0 Å². The number of nitrogens with zero attached hydrogens (tertiary/aromatic N) is 3. The molecular weight excluding hydrogens is 202 g/mol. The van der Waals surface area contributed by atoms with Crippen molar-refractivity contribution in [2.75, 3.05) is 13.1 Å². The topological polar surface area (TPSA) is 57.0 Å². The summed E-state index contributed by atoms with van der Waals surface area (Å²) in [6.45, 7) is 1.76. The largest absolute Gasteiger partial charge is 0.337 e. The van der Waals surface area contributed by atoms with Crippen LogP contribution in [0, 0.1) is 23.2 Å². The average molecular weight is 213 g/mol. The number of carbonyl (C=O) groups excluding carboxylic acids is 1. The smallest absolute Gasteiger partial charge is 0.272 e. The lowest BCUT2D eigenvalue weighted by molar-refractivity contribution is 0.0769. The van der Waals surface area contributed by atoms with Gasteiger partial charge >= 0.3 is 0 Å². The van der Waals surface area contributed by atoms with Crippen LogP contribution in [0.4, 0.5) is 0 Å². The maximum Gasteiger partial charge on any atom is 0.272 e. The van der Waals surface area contributed by atoms with Crippen molar-refractivity contribution in [2.45, 2.75) is 6.42 Å². The summed E-state index contributed by atoms with van der Waals surface area (Å²) in [6, 6.07) is 5.26. The quantitative estimate of drug-likeness (QED) is 0.700. The van der Waals surface area contributed by atoms with Gasteiger partial charge in [0.2, 0.25) is 0 Å². The molecule has 2 aliphatic rings. The molecule has 1 saturated heterocycles. The summed E-state index contributed by atoms with van der Waals surface area (Å²) in [6.07, 6.45) is 2.73. The molecule has 16 heavy (non-hydrogen) atoms. The monoisotopic (exact) mass is 213 g/mol. The molecule has 0 bridgehead atoms. The number of rotatable bonds is 1. The first-order chi connectivity index (χ1) is 7.78. The van der Waals surface area contributed by atoms with Crippen molar-refractivity contribution < 1.29 is 4.79 Å². The Morgan fingerprint density at radius 2 is 2.19 bits per heavy atom. The fourth-order valence-electron chi connectivity index (χ4n) is 2.31. The SMILES string of the molecule is N#Cc1ccc(C(=O)N2CC3CC3C2)nc1. The van der Waals surface area contributed by atoms with Gasteiger partial charge in [0, 0.05) is 19.3 Å². The molecule has 4 nitrogen and oxygen atoms in total. The second-order valence-electron chi connectivity index (χ2n) is 4.51. The normalized spacial score (nSPS) is 26.1. The van der Waals surface area contributed by atoms with Crippen molar-refractivity contribution in [2.24, 2.45) is 11.8 Å². The molecule has 3 rings (SSSR count). The minimum Gasteiger partial charge on any atom is -0.337 e. The highest BCUT2D eigenvalue weighted by Gasteiger charge is 2.46. The average Bonchev–Trinajstić information content (AvgIpc) is 2.95. The van der Waals surface area contributed by atoms with E-state index in [0.717, 1.165) is 24.9 Å². The Morgan fingerprint density at radius 3 is 2.75 bits per heavy atom. The first-order valence-corrected chi connectivity index (χ1v) is 5.43. The van der Waals surface area contributed by atoms with Crippen molar-refractivity contribution in [3.05, 3.63) is 29.6 Å². The van der Waals surface area contributed by atoms with Gasteiger partial charge in [-0.05, 0) is 30.4 Å². The Balaban J connectivity index is 1.76. The molecule has 80 valence electrons. The van der Waals surface area contributed by atoms with Crippen LogP contribution in [-0.2, 0) is 0 Å². The molecule has 1 amide bonds. The van der Waals surface area contributed by atoms with E-state index in [1.165, 1.54) is 12.6 Å². The molecule has 0 spiro atoms. The van der Waals surface area contributed by atoms with Crippen molar-refractivity contribution in [1.29, 1.82) is 5.26 Å². The number of carbonyl (C=O) groups is 1. The van der Waals surface area contributed by atoms with Crippen LogP contribution in [0.1, 0.15) is 22.5 Å². The first kappa shape index (κ1) is 9.34. The number of pyridine rings is 1. The molecule has 1 saturated carbocycles. The van der Waals surface area contributed by atoms with Gasteiger partial charge in [-0.3, -0.25) is 4.79 Å². The molecule has 1 aliphatic heterocycles. The predicted octanol–water partition coefficient (Wildman–Crippen LogP) is 1.05. The molecule has 2 fully saturated rings. The standard InChI is InChI=1S/C12H11N3O/c13-4-8-1-2-11(14-5-8)12(16)15-6-9-3-10(9)7-15/h1-2,5,9-10H,3,6-7H2. The Labute approximate surface area is 93.5 Å². The van der Waals surface area contributed by atoms with E-state index < -0.39 is 0 Å². The van der Waals surface area contributed by atoms with Crippen LogP contribution in [-0.4, -0.2) is 28.9 Å². The van der Waals surface area contributed by atoms with Gasteiger partial charge in [-0.25, -0.2) is 4.98 Å². The Hall–Kier alpha value is -1.89. The second-order valence-corrected chi connectivity index (χ2v) is 4.51. The summed E-state index contributed by atoms with van der Waals surface area (Å²) >= 11 is 0. The highest BCUT2D eigenvalue weighted by atomic mass is 16.2. The van der Waals surface area contributed by atoms with Crippen LogP contribution >= 0.6 is 0 Å². The maximum absolute atomic E-state index is 12.0. The molecule has 2 unspecified atom stereocenters. The van der Waals surface area contributed by atoms with Crippen LogP contribution in [0.5, 0.6) is 0 Å². The molecular formula is C12H11N3O. The van der Waals surface area contributed by atoms with Crippen LogP contribution in [0.2, 0.25) is 0 Å². The number of fused-ring (bicyclic) bond motifs is 1. The minimum absolute atomic E-state index is 0.00307. The van der Waals surface area contributed by atoms with Gasteiger partial charge in [0.1, 0.15) is 11.8 Å². The van der Waals surface area contributed by atoms with E-state index in [-0.39, 0.29) is 5.91 Å². The predicted molar refractivity (Wildman–Crippen MR) is 56.5 cm³/mol. The molecule has 1 aromatic heterocycles. The third-order valence-electron chi connectivity index (χ3n) is 3.38. The Bertz CT molecular complexity index is 464. The molecule has 0 N–H and O–H groups in total. The van der Waals surface area contributed by atoms with Gasteiger partial charge in [-0.2, -0.15) is 5.26 Å². The fourth-order valence-corrected chi connectivity index (χ4v) is 2.31. The zero-order chi connectivity index (χ0) is 11.1. The summed E-state index contributed by atoms with van der Waals surface area (Å²) in [5, 5.41) is 8.63. The van der Waals surface area contributed by atoms with E-state index in [1.807, 2.05) is 11.0 Å². The Morgan fingerprint density at radius 1 is 1.44 bits per heavy atom. The van der Waals surface area contributed by atoms with E-state index in [9.17, 15) is 4.79 Å². The van der Waals surface area contributed by atoms with Crippen molar-refractivity contribution in [1.82, 2.24) is 9.88 Å². The van der Waals surface area contributed by atoms with Crippen LogP contribution < -0.4 is 0 Å². The Kier molecular flexibility index (Phi) is 1.93. The number of piperidine rings is 1. The highest BCUT2D eigenvalue weighted by molar-refractivity contribution is 5.92. The van der Waals surface area contributed by atoms with Gasteiger partial charge in [-0.15, -0.1) is 0 Å². The molecule has 2 atom stereocenters. The number of nitriles is 1. The third-order valence-corrected chi connectivity index (χ3v) is 3.38. The number of amides is 1. The van der Waals surface area contributed by atoms with E-state index >= 15 is 0 Å². The lowest BCUT2D eigenvalue weighted by atomic mass is 10.2. The molecule has 4 heteroatoms. The molecule has 2 heterocycles. The van der Waals surface area contributed by atoms with E-state index in [0.29, 0.717) is 11.3 Å². The number of likely N-dealkylation sites (tertiary alicyclic amines) is 1. The highest BCUT2D eigenvalue weighted by Crippen LogP contribution is 2.45. The summed E-state index contributed by atoms with van der Waals surface area (Å²) in [7, 11) is 0. The van der Waals surface area contributed by atoms with Crippen molar-refractivity contribution >= 4 is 5.91 Å². The summed E-state index contributed by atoms with van der Waals surface area (Å²) in [5.74, 6) is 1.47. The maximum atomic E-state index is 12.0.